The van der Waals surface area contributed by atoms with Crippen LogP contribution in [0, 0.1) is 0 Å². The maximum Gasteiger partial charge on any atom is 0.274 e. The highest BCUT2D eigenvalue weighted by Crippen LogP contribution is 2.16. The summed E-state index contributed by atoms with van der Waals surface area (Å²) in [6, 6.07) is 16.5. The molecule has 0 spiro atoms. The zero-order valence-corrected chi connectivity index (χ0v) is 16.2. The van der Waals surface area contributed by atoms with Crippen molar-refractivity contribution < 1.29 is 9.53 Å². The fraction of sp³-hybridized carbons (Fsp3) is 0.190. The molecule has 3 aromatic rings. The monoisotopic (exact) mass is 396 g/mol. The molecule has 0 aliphatic rings. The van der Waals surface area contributed by atoms with Crippen molar-refractivity contribution in [3.63, 3.8) is 0 Å². The molecule has 28 heavy (non-hydrogen) atoms. The number of nitrogens with one attached hydrogen (secondary N) is 2. The number of benzene rings is 2. The normalized spacial score (nSPS) is 10.4. The SMILES string of the molecule is CCOc1ccc(NC(=O)c2cc(NCCc3ccc(Cl)cc3)ncn2)cc1. The van der Waals surface area contributed by atoms with Gasteiger partial charge in [-0.3, -0.25) is 4.79 Å². The number of aromatic nitrogens is 2. The van der Waals surface area contributed by atoms with Gasteiger partial charge >= 0.3 is 0 Å². The predicted molar refractivity (Wildman–Crippen MR) is 111 cm³/mol. The summed E-state index contributed by atoms with van der Waals surface area (Å²) < 4.78 is 5.39. The molecule has 0 aliphatic carbocycles. The fourth-order valence-electron chi connectivity index (χ4n) is 2.56. The Kier molecular flexibility index (Phi) is 6.81. The van der Waals surface area contributed by atoms with Crippen LogP contribution in [0.1, 0.15) is 23.0 Å². The summed E-state index contributed by atoms with van der Waals surface area (Å²) >= 11 is 5.89. The van der Waals surface area contributed by atoms with Crippen molar-refractivity contribution in [2.24, 2.45) is 0 Å². The first-order valence-corrected chi connectivity index (χ1v) is 9.36. The number of carbonyl (C=O) groups excluding carboxylic acids is 1. The molecule has 0 aliphatic heterocycles. The molecule has 3 rings (SSSR count). The fourth-order valence-corrected chi connectivity index (χ4v) is 2.69. The van der Waals surface area contributed by atoms with Crippen LogP contribution in [0.2, 0.25) is 5.02 Å². The highest BCUT2D eigenvalue weighted by Gasteiger charge is 2.09. The molecule has 2 N–H and O–H groups in total. The Morgan fingerprint density at radius 3 is 2.54 bits per heavy atom. The molecular weight excluding hydrogens is 376 g/mol. The van der Waals surface area contributed by atoms with Gasteiger partial charge in [-0.15, -0.1) is 0 Å². The summed E-state index contributed by atoms with van der Waals surface area (Å²) in [4.78, 5) is 20.7. The minimum absolute atomic E-state index is 0.290. The van der Waals surface area contributed by atoms with Gasteiger partial charge in [0.25, 0.3) is 5.91 Å². The summed E-state index contributed by atoms with van der Waals surface area (Å²) in [6.07, 6.45) is 2.19. The average Bonchev–Trinajstić information content (AvgIpc) is 2.71. The lowest BCUT2D eigenvalue weighted by molar-refractivity contribution is 0.102. The van der Waals surface area contributed by atoms with Gasteiger partial charge in [-0.25, -0.2) is 9.97 Å². The largest absolute Gasteiger partial charge is 0.494 e. The van der Waals surface area contributed by atoms with Gasteiger partial charge in [-0.05, 0) is 55.3 Å². The third kappa shape index (κ3) is 5.69. The molecule has 6 nitrogen and oxygen atoms in total. The van der Waals surface area contributed by atoms with E-state index in [1.165, 1.54) is 11.9 Å². The van der Waals surface area contributed by atoms with Gasteiger partial charge in [0.1, 0.15) is 23.6 Å². The molecule has 1 aromatic heterocycles. The van der Waals surface area contributed by atoms with Gasteiger partial charge in [-0.2, -0.15) is 0 Å². The molecule has 1 amide bonds. The molecule has 0 radical (unpaired) electrons. The van der Waals surface area contributed by atoms with E-state index in [9.17, 15) is 4.79 Å². The second-order valence-corrected chi connectivity index (χ2v) is 6.44. The van der Waals surface area contributed by atoms with Crippen LogP contribution in [0.15, 0.2) is 60.9 Å². The first-order valence-electron chi connectivity index (χ1n) is 8.98. The van der Waals surface area contributed by atoms with Gasteiger partial charge in [0.05, 0.1) is 6.61 Å². The van der Waals surface area contributed by atoms with Crippen LogP contribution in [-0.2, 0) is 6.42 Å². The molecule has 7 heteroatoms. The summed E-state index contributed by atoms with van der Waals surface area (Å²) in [5.74, 6) is 1.06. The highest BCUT2D eigenvalue weighted by molar-refractivity contribution is 6.30. The predicted octanol–water partition coefficient (Wildman–Crippen LogP) is 4.44. The number of carbonyl (C=O) groups is 1. The first kappa shape index (κ1) is 19.6. The number of ether oxygens (including phenoxy) is 1. The van der Waals surface area contributed by atoms with E-state index in [0.29, 0.717) is 24.7 Å². The van der Waals surface area contributed by atoms with Crippen LogP contribution < -0.4 is 15.4 Å². The van der Waals surface area contributed by atoms with Crippen molar-refractivity contribution in [1.82, 2.24) is 9.97 Å². The minimum Gasteiger partial charge on any atom is -0.494 e. The quantitative estimate of drug-likeness (QED) is 0.588. The number of amides is 1. The summed E-state index contributed by atoms with van der Waals surface area (Å²) in [5, 5.41) is 6.74. The smallest absolute Gasteiger partial charge is 0.274 e. The molecule has 0 atom stereocenters. The van der Waals surface area contributed by atoms with E-state index in [1.54, 1.807) is 18.2 Å². The second-order valence-electron chi connectivity index (χ2n) is 6.00. The van der Waals surface area contributed by atoms with Crippen LogP contribution in [0.3, 0.4) is 0 Å². The Morgan fingerprint density at radius 1 is 1.07 bits per heavy atom. The lowest BCUT2D eigenvalue weighted by atomic mass is 10.1. The lowest BCUT2D eigenvalue weighted by Crippen LogP contribution is -2.15. The Hall–Kier alpha value is -3.12. The van der Waals surface area contributed by atoms with E-state index in [2.05, 4.69) is 20.6 Å². The van der Waals surface area contributed by atoms with E-state index >= 15 is 0 Å². The molecule has 0 fully saturated rings. The Morgan fingerprint density at radius 2 is 1.82 bits per heavy atom. The number of anilines is 2. The van der Waals surface area contributed by atoms with Crippen LogP contribution in [0.4, 0.5) is 11.5 Å². The Balaban J connectivity index is 1.55. The van der Waals surface area contributed by atoms with Crippen molar-refractivity contribution in [3.05, 3.63) is 77.2 Å². The van der Waals surface area contributed by atoms with Gasteiger partial charge in [0.15, 0.2) is 0 Å². The molecule has 144 valence electrons. The zero-order valence-electron chi connectivity index (χ0n) is 15.5. The van der Waals surface area contributed by atoms with Crippen LogP contribution in [0.25, 0.3) is 0 Å². The molecule has 1 heterocycles. The third-order valence-electron chi connectivity index (χ3n) is 3.96. The zero-order chi connectivity index (χ0) is 19.8. The standard InChI is InChI=1S/C21H21ClN4O2/c1-2-28-18-9-7-17(8-10-18)26-21(27)19-13-20(25-14-24-19)23-12-11-15-3-5-16(22)6-4-15/h3-10,13-14H,2,11-12H2,1H3,(H,26,27)(H,23,24,25). The van der Waals surface area contributed by atoms with Gasteiger partial charge in [0.2, 0.25) is 0 Å². The van der Waals surface area contributed by atoms with Gasteiger partial charge in [0, 0.05) is 23.3 Å². The lowest BCUT2D eigenvalue weighted by Gasteiger charge is -2.09. The second kappa shape index (κ2) is 9.71. The van der Waals surface area contributed by atoms with Gasteiger partial charge in [-0.1, -0.05) is 23.7 Å². The number of halogens is 1. The summed E-state index contributed by atoms with van der Waals surface area (Å²) in [7, 11) is 0. The van der Waals surface area contributed by atoms with Crippen LogP contribution >= 0.6 is 11.6 Å². The number of nitrogens with zero attached hydrogens (tertiary/aromatic N) is 2. The van der Waals surface area contributed by atoms with Crippen molar-refractivity contribution in [3.8, 4) is 5.75 Å². The maximum atomic E-state index is 12.4. The first-order chi connectivity index (χ1) is 13.6. The number of hydrogen-bond acceptors (Lipinski definition) is 5. The van der Waals surface area contributed by atoms with E-state index < -0.39 is 0 Å². The Labute approximate surface area is 168 Å². The van der Waals surface area contributed by atoms with E-state index in [-0.39, 0.29) is 11.6 Å². The van der Waals surface area contributed by atoms with Gasteiger partial charge < -0.3 is 15.4 Å². The molecule has 2 aromatic carbocycles. The minimum atomic E-state index is -0.299. The highest BCUT2D eigenvalue weighted by atomic mass is 35.5. The van der Waals surface area contributed by atoms with Crippen molar-refractivity contribution >= 4 is 29.0 Å². The maximum absolute atomic E-state index is 12.4. The molecule has 0 saturated heterocycles. The summed E-state index contributed by atoms with van der Waals surface area (Å²) in [5.41, 5.74) is 2.13. The van der Waals surface area contributed by atoms with E-state index in [0.717, 1.165) is 17.2 Å². The van der Waals surface area contributed by atoms with Crippen molar-refractivity contribution in [2.45, 2.75) is 13.3 Å². The topological polar surface area (TPSA) is 76.1 Å². The Bertz CT molecular complexity index is 914. The number of hydrogen-bond donors (Lipinski definition) is 2. The summed E-state index contributed by atoms with van der Waals surface area (Å²) in [6.45, 7) is 3.20. The molecule has 0 saturated carbocycles. The van der Waals surface area contributed by atoms with E-state index in [1.807, 2.05) is 43.3 Å². The average molecular weight is 397 g/mol. The number of rotatable bonds is 8. The molecule has 0 unspecified atom stereocenters. The van der Waals surface area contributed by atoms with Crippen molar-refractivity contribution in [2.75, 3.05) is 23.8 Å². The van der Waals surface area contributed by atoms with Crippen molar-refractivity contribution in [1.29, 1.82) is 0 Å². The third-order valence-corrected chi connectivity index (χ3v) is 4.21. The molecule has 0 bridgehead atoms. The van der Waals surface area contributed by atoms with Crippen LogP contribution in [-0.4, -0.2) is 29.0 Å². The van der Waals surface area contributed by atoms with E-state index in [4.69, 9.17) is 16.3 Å². The molecular formula is C21H21ClN4O2. The van der Waals surface area contributed by atoms with Crippen LogP contribution in [0.5, 0.6) is 5.75 Å².